The number of halogens is 2. The number of benzene rings is 1. The van der Waals surface area contributed by atoms with Crippen LogP contribution in [-0.4, -0.2) is 26.3 Å². The van der Waals surface area contributed by atoms with Gasteiger partial charge < -0.3 is 20.1 Å². The SMILES string of the molecule is CNc1nc(Nc2cc(OC)cc(OC)c2)c(Cl)cc1Cl. The maximum Gasteiger partial charge on any atom is 0.151 e. The van der Waals surface area contributed by atoms with Gasteiger partial charge in [-0.15, -0.1) is 0 Å². The average Bonchev–Trinajstić information content (AvgIpc) is 2.49. The lowest BCUT2D eigenvalue weighted by atomic mass is 10.2. The van der Waals surface area contributed by atoms with Crippen molar-refractivity contribution in [2.24, 2.45) is 0 Å². The standard InChI is InChI=1S/C14H15Cl2N3O2/c1-17-13-11(15)7-12(16)14(19-13)18-8-4-9(20-2)6-10(5-8)21-3/h4-7H,1-3H3,(H2,17,18,19). The van der Waals surface area contributed by atoms with E-state index in [1.165, 1.54) is 0 Å². The van der Waals surface area contributed by atoms with Crippen molar-refractivity contribution in [2.75, 3.05) is 31.9 Å². The van der Waals surface area contributed by atoms with E-state index in [0.717, 1.165) is 5.69 Å². The van der Waals surface area contributed by atoms with Crippen LogP contribution in [-0.2, 0) is 0 Å². The van der Waals surface area contributed by atoms with Crippen LogP contribution in [0.4, 0.5) is 17.3 Å². The molecule has 7 heteroatoms. The van der Waals surface area contributed by atoms with Gasteiger partial charge in [0, 0.05) is 30.9 Å². The Balaban J connectivity index is 2.37. The largest absolute Gasteiger partial charge is 0.497 e. The van der Waals surface area contributed by atoms with Crippen molar-refractivity contribution in [1.82, 2.24) is 4.98 Å². The third-order valence-electron chi connectivity index (χ3n) is 2.78. The molecule has 1 heterocycles. The minimum absolute atomic E-state index is 0.417. The van der Waals surface area contributed by atoms with Gasteiger partial charge in [0.05, 0.1) is 24.3 Å². The molecule has 0 amide bonds. The fraction of sp³-hybridized carbons (Fsp3) is 0.214. The van der Waals surface area contributed by atoms with Crippen LogP contribution in [0.5, 0.6) is 11.5 Å². The minimum atomic E-state index is 0.417. The summed E-state index contributed by atoms with van der Waals surface area (Å²) in [6.07, 6.45) is 0. The maximum atomic E-state index is 6.16. The molecule has 0 saturated heterocycles. The molecule has 0 bridgehead atoms. The van der Waals surface area contributed by atoms with Crippen molar-refractivity contribution in [1.29, 1.82) is 0 Å². The molecule has 1 aromatic carbocycles. The zero-order chi connectivity index (χ0) is 15.4. The second-order valence-electron chi connectivity index (χ2n) is 4.13. The van der Waals surface area contributed by atoms with Crippen LogP contribution in [0.3, 0.4) is 0 Å². The third kappa shape index (κ3) is 3.62. The Bertz CT molecular complexity index is 628. The van der Waals surface area contributed by atoms with Crippen molar-refractivity contribution >= 4 is 40.5 Å². The van der Waals surface area contributed by atoms with Gasteiger partial charge in [-0.25, -0.2) is 4.98 Å². The van der Waals surface area contributed by atoms with Gasteiger partial charge >= 0.3 is 0 Å². The van der Waals surface area contributed by atoms with E-state index >= 15 is 0 Å². The van der Waals surface area contributed by atoms with Gasteiger partial charge in [0.1, 0.15) is 17.3 Å². The van der Waals surface area contributed by atoms with Crippen LogP contribution in [0.15, 0.2) is 24.3 Å². The maximum absolute atomic E-state index is 6.16. The number of hydrogen-bond donors (Lipinski definition) is 2. The van der Waals surface area contributed by atoms with Crippen molar-refractivity contribution in [3.8, 4) is 11.5 Å². The fourth-order valence-corrected chi connectivity index (χ4v) is 2.25. The molecule has 5 nitrogen and oxygen atoms in total. The molecule has 1 aromatic heterocycles. The number of rotatable bonds is 5. The normalized spacial score (nSPS) is 10.1. The van der Waals surface area contributed by atoms with Crippen LogP contribution in [0.25, 0.3) is 0 Å². The number of aromatic nitrogens is 1. The van der Waals surface area contributed by atoms with Gasteiger partial charge in [0.25, 0.3) is 0 Å². The molecule has 112 valence electrons. The predicted molar refractivity (Wildman–Crippen MR) is 86.6 cm³/mol. The number of anilines is 3. The number of hydrogen-bond acceptors (Lipinski definition) is 5. The Hall–Kier alpha value is -1.85. The molecule has 0 spiro atoms. The highest BCUT2D eigenvalue weighted by Crippen LogP contribution is 2.33. The molecule has 0 atom stereocenters. The molecule has 0 fully saturated rings. The Morgan fingerprint density at radius 2 is 1.48 bits per heavy atom. The topological polar surface area (TPSA) is 55.4 Å². The van der Waals surface area contributed by atoms with Gasteiger partial charge in [-0.1, -0.05) is 23.2 Å². The molecular weight excluding hydrogens is 313 g/mol. The van der Waals surface area contributed by atoms with E-state index in [4.69, 9.17) is 32.7 Å². The summed E-state index contributed by atoms with van der Waals surface area (Å²) in [6.45, 7) is 0. The molecule has 0 aliphatic carbocycles. The van der Waals surface area contributed by atoms with Gasteiger partial charge in [0.15, 0.2) is 5.82 Å². The Kier molecular flexibility index (Phi) is 4.98. The van der Waals surface area contributed by atoms with Crippen LogP contribution in [0.2, 0.25) is 10.0 Å². The molecule has 2 aromatic rings. The van der Waals surface area contributed by atoms with E-state index in [9.17, 15) is 0 Å². The summed E-state index contributed by atoms with van der Waals surface area (Å²) in [4.78, 5) is 4.33. The fourth-order valence-electron chi connectivity index (χ4n) is 1.75. The number of pyridine rings is 1. The third-order valence-corrected chi connectivity index (χ3v) is 3.36. The minimum Gasteiger partial charge on any atom is -0.497 e. The lowest BCUT2D eigenvalue weighted by Gasteiger charge is -2.13. The summed E-state index contributed by atoms with van der Waals surface area (Å²) in [5, 5.41) is 6.90. The highest BCUT2D eigenvalue weighted by molar-refractivity contribution is 6.37. The monoisotopic (exact) mass is 327 g/mol. The second kappa shape index (κ2) is 6.74. The van der Waals surface area contributed by atoms with Crippen molar-refractivity contribution < 1.29 is 9.47 Å². The molecule has 0 aliphatic rings. The summed E-state index contributed by atoms with van der Waals surface area (Å²) < 4.78 is 10.4. The zero-order valence-corrected chi connectivity index (χ0v) is 13.3. The molecule has 0 aliphatic heterocycles. The van der Waals surface area contributed by atoms with E-state index in [2.05, 4.69) is 15.6 Å². The predicted octanol–water partition coefficient (Wildman–Crippen LogP) is 4.19. The molecule has 2 N–H and O–H groups in total. The average molecular weight is 328 g/mol. The smallest absolute Gasteiger partial charge is 0.151 e. The summed E-state index contributed by atoms with van der Waals surface area (Å²) in [5.74, 6) is 2.35. The van der Waals surface area contributed by atoms with E-state index in [-0.39, 0.29) is 0 Å². The van der Waals surface area contributed by atoms with Crippen LogP contribution in [0, 0.1) is 0 Å². The Morgan fingerprint density at radius 1 is 0.905 bits per heavy atom. The second-order valence-corrected chi connectivity index (χ2v) is 4.94. The molecule has 0 saturated carbocycles. The Morgan fingerprint density at radius 3 is 2.00 bits per heavy atom. The molecular formula is C14H15Cl2N3O2. The number of ether oxygens (including phenoxy) is 2. The van der Waals surface area contributed by atoms with Gasteiger partial charge in [-0.3, -0.25) is 0 Å². The molecule has 2 rings (SSSR count). The van der Waals surface area contributed by atoms with E-state index < -0.39 is 0 Å². The molecule has 0 radical (unpaired) electrons. The quantitative estimate of drug-likeness (QED) is 0.862. The summed E-state index contributed by atoms with van der Waals surface area (Å²) in [6, 6.07) is 7.03. The van der Waals surface area contributed by atoms with E-state index in [0.29, 0.717) is 33.2 Å². The first-order valence-corrected chi connectivity index (χ1v) is 6.87. The molecule has 0 unspecified atom stereocenters. The zero-order valence-electron chi connectivity index (χ0n) is 11.8. The lowest BCUT2D eigenvalue weighted by Crippen LogP contribution is -2.00. The highest BCUT2D eigenvalue weighted by atomic mass is 35.5. The summed E-state index contributed by atoms with van der Waals surface area (Å²) in [5.41, 5.74) is 0.741. The van der Waals surface area contributed by atoms with Crippen LogP contribution in [0.1, 0.15) is 0 Å². The summed E-state index contributed by atoms with van der Waals surface area (Å²) in [7, 11) is 4.91. The van der Waals surface area contributed by atoms with Gasteiger partial charge in [-0.05, 0) is 6.07 Å². The van der Waals surface area contributed by atoms with Crippen molar-refractivity contribution in [2.45, 2.75) is 0 Å². The highest BCUT2D eigenvalue weighted by Gasteiger charge is 2.10. The van der Waals surface area contributed by atoms with Crippen molar-refractivity contribution in [3.63, 3.8) is 0 Å². The summed E-state index contributed by atoms with van der Waals surface area (Å²) >= 11 is 12.2. The number of nitrogens with zero attached hydrogens (tertiary/aromatic N) is 1. The van der Waals surface area contributed by atoms with Crippen LogP contribution < -0.4 is 20.1 Å². The first kappa shape index (κ1) is 15.5. The number of methoxy groups -OCH3 is 2. The first-order chi connectivity index (χ1) is 10.1. The van der Waals surface area contributed by atoms with Crippen LogP contribution >= 0.6 is 23.2 Å². The molecule has 21 heavy (non-hydrogen) atoms. The lowest BCUT2D eigenvalue weighted by molar-refractivity contribution is 0.395. The van der Waals surface area contributed by atoms with E-state index in [1.54, 1.807) is 33.4 Å². The number of nitrogens with one attached hydrogen (secondary N) is 2. The van der Waals surface area contributed by atoms with Gasteiger partial charge in [0.2, 0.25) is 0 Å². The van der Waals surface area contributed by atoms with Gasteiger partial charge in [-0.2, -0.15) is 0 Å². The van der Waals surface area contributed by atoms with Crippen molar-refractivity contribution in [3.05, 3.63) is 34.3 Å². The Labute approximate surface area is 133 Å². The first-order valence-electron chi connectivity index (χ1n) is 6.11. The van der Waals surface area contributed by atoms with E-state index in [1.807, 2.05) is 12.1 Å².